The van der Waals surface area contributed by atoms with E-state index in [0.717, 1.165) is 58.9 Å². The number of rotatable bonds is 4. The molecule has 0 unspecified atom stereocenters. The molecule has 4 heterocycles. The predicted octanol–water partition coefficient (Wildman–Crippen LogP) is 3.08. The van der Waals surface area contributed by atoms with Crippen LogP contribution >= 0.6 is 34.3 Å². The van der Waals surface area contributed by atoms with Gasteiger partial charge < -0.3 is 14.7 Å². The van der Waals surface area contributed by atoms with Gasteiger partial charge in [0.2, 0.25) is 11.8 Å². The molecule has 0 bridgehead atoms. The number of thiophene rings is 1. The molecule has 0 aliphatic carbocycles. The molecule has 29 heavy (non-hydrogen) atoms. The molecule has 2 fully saturated rings. The van der Waals surface area contributed by atoms with Crippen LogP contribution in [0.15, 0.2) is 17.5 Å². The van der Waals surface area contributed by atoms with Gasteiger partial charge in [0, 0.05) is 50.6 Å². The van der Waals surface area contributed by atoms with Gasteiger partial charge in [-0.05, 0) is 32.0 Å². The van der Waals surface area contributed by atoms with E-state index < -0.39 is 0 Å². The van der Waals surface area contributed by atoms with Crippen LogP contribution in [0.3, 0.4) is 0 Å². The van der Waals surface area contributed by atoms with E-state index in [1.165, 1.54) is 11.3 Å². The zero-order chi connectivity index (χ0) is 20.4. The smallest absolute Gasteiger partial charge is 0.228 e. The van der Waals surface area contributed by atoms with Crippen LogP contribution in [0.4, 0.5) is 0 Å². The number of likely N-dealkylation sites (N-methyl/N-ethyl adjacent to an activating group) is 1. The number of piperidine rings is 1. The lowest BCUT2D eigenvalue weighted by Gasteiger charge is -2.37. The van der Waals surface area contributed by atoms with Gasteiger partial charge in [0.05, 0.1) is 21.3 Å². The van der Waals surface area contributed by atoms with Gasteiger partial charge in [-0.2, -0.15) is 0 Å². The minimum atomic E-state index is 0.0527. The van der Waals surface area contributed by atoms with Gasteiger partial charge in [0.25, 0.3) is 0 Å². The molecule has 0 saturated carbocycles. The first-order valence-corrected chi connectivity index (χ1v) is 12.0. The summed E-state index contributed by atoms with van der Waals surface area (Å²) in [6, 6.07) is 3.82. The standard InChI is InChI=1S/C20H25ClN4O2S2/c1-23-8-10-25(11-9-23)20(27)14-4-6-24(7-5-14)18(26)12-15-13-28-19(22-15)16-2-3-17(21)29-16/h2-3,13-14H,4-12H2,1H3. The number of likely N-dealkylation sites (tertiary alicyclic amines) is 1. The number of hydrogen-bond acceptors (Lipinski definition) is 6. The third kappa shape index (κ3) is 4.99. The van der Waals surface area contributed by atoms with Crippen LogP contribution < -0.4 is 0 Å². The number of carbonyl (C=O) groups is 2. The highest BCUT2D eigenvalue weighted by molar-refractivity contribution is 7.23. The number of hydrogen-bond donors (Lipinski definition) is 0. The molecule has 0 spiro atoms. The zero-order valence-electron chi connectivity index (χ0n) is 16.5. The van der Waals surface area contributed by atoms with E-state index in [1.54, 1.807) is 11.3 Å². The number of piperazine rings is 1. The maximum atomic E-state index is 12.8. The van der Waals surface area contributed by atoms with E-state index in [9.17, 15) is 9.59 Å². The monoisotopic (exact) mass is 452 g/mol. The number of carbonyl (C=O) groups excluding carboxylic acids is 2. The van der Waals surface area contributed by atoms with Crippen LogP contribution in [0.5, 0.6) is 0 Å². The minimum Gasteiger partial charge on any atom is -0.342 e. The predicted molar refractivity (Wildman–Crippen MR) is 118 cm³/mol. The van der Waals surface area contributed by atoms with E-state index in [1.807, 2.05) is 27.3 Å². The normalized spacial score (nSPS) is 19.0. The molecule has 2 aromatic rings. The fourth-order valence-electron chi connectivity index (χ4n) is 3.86. The molecule has 2 amide bonds. The molecule has 2 aromatic heterocycles. The van der Waals surface area contributed by atoms with E-state index in [4.69, 9.17) is 11.6 Å². The molecule has 156 valence electrons. The van der Waals surface area contributed by atoms with Crippen molar-refractivity contribution >= 4 is 46.1 Å². The summed E-state index contributed by atoms with van der Waals surface area (Å²) in [4.78, 5) is 37.2. The summed E-state index contributed by atoms with van der Waals surface area (Å²) in [6.45, 7) is 4.82. The van der Waals surface area contributed by atoms with E-state index in [2.05, 4.69) is 16.9 Å². The third-order valence-electron chi connectivity index (χ3n) is 5.68. The van der Waals surface area contributed by atoms with Crippen molar-refractivity contribution in [3.63, 3.8) is 0 Å². The third-order valence-corrected chi connectivity index (χ3v) is 7.97. The Bertz CT molecular complexity index is 867. The van der Waals surface area contributed by atoms with E-state index >= 15 is 0 Å². The Morgan fingerprint density at radius 1 is 1.10 bits per heavy atom. The molecule has 2 aliphatic rings. The number of nitrogens with zero attached hydrogens (tertiary/aromatic N) is 4. The van der Waals surface area contributed by atoms with Crippen LogP contribution in [0, 0.1) is 5.92 Å². The molecule has 0 aromatic carbocycles. The lowest BCUT2D eigenvalue weighted by molar-refractivity contribution is -0.141. The van der Waals surface area contributed by atoms with Crippen LogP contribution in [0.1, 0.15) is 18.5 Å². The van der Waals surface area contributed by atoms with Gasteiger partial charge in [-0.15, -0.1) is 22.7 Å². The second kappa shape index (κ2) is 9.12. The van der Waals surface area contributed by atoms with Crippen molar-refractivity contribution < 1.29 is 9.59 Å². The van der Waals surface area contributed by atoms with Gasteiger partial charge in [0.15, 0.2) is 0 Å². The van der Waals surface area contributed by atoms with Gasteiger partial charge in [-0.1, -0.05) is 11.6 Å². The maximum Gasteiger partial charge on any atom is 0.228 e. The highest BCUT2D eigenvalue weighted by Crippen LogP contribution is 2.33. The minimum absolute atomic E-state index is 0.0527. The Balaban J connectivity index is 1.27. The van der Waals surface area contributed by atoms with Crippen molar-refractivity contribution in [2.24, 2.45) is 5.92 Å². The van der Waals surface area contributed by atoms with Crippen LogP contribution in [-0.4, -0.2) is 77.8 Å². The molecular formula is C20H25ClN4O2S2. The summed E-state index contributed by atoms with van der Waals surface area (Å²) in [6.07, 6.45) is 1.83. The Morgan fingerprint density at radius 3 is 2.48 bits per heavy atom. The summed E-state index contributed by atoms with van der Waals surface area (Å²) < 4.78 is 0.738. The number of thiazole rings is 1. The summed E-state index contributed by atoms with van der Waals surface area (Å²) in [5.41, 5.74) is 0.801. The van der Waals surface area contributed by atoms with Crippen molar-refractivity contribution in [2.45, 2.75) is 19.3 Å². The first kappa shape index (κ1) is 20.8. The molecular weight excluding hydrogens is 428 g/mol. The topological polar surface area (TPSA) is 56.8 Å². The Hall–Kier alpha value is -1.48. The lowest BCUT2D eigenvalue weighted by Crippen LogP contribution is -2.51. The molecule has 9 heteroatoms. The molecule has 0 radical (unpaired) electrons. The lowest BCUT2D eigenvalue weighted by atomic mass is 9.94. The van der Waals surface area contributed by atoms with Crippen LogP contribution in [0.25, 0.3) is 9.88 Å². The molecule has 4 rings (SSSR count). The number of aromatic nitrogens is 1. The second-order valence-electron chi connectivity index (χ2n) is 7.71. The Kier molecular flexibility index (Phi) is 6.53. The second-order valence-corrected chi connectivity index (χ2v) is 10.3. The SMILES string of the molecule is CN1CCN(C(=O)C2CCN(C(=O)Cc3csc(-c4ccc(Cl)s4)n3)CC2)CC1. The van der Waals surface area contributed by atoms with Crippen molar-refractivity contribution in [3.05, 3.63) is 27.5 Å². The average Bonchev–Trinajstić information content (AvgIpc) is 3.37. The number of amides is 2. The van der Waals surface area contributed by atoms with E-state index in [-0.39, 0.29) is 17.7 Å². The highest BCUT2D eigenvalue weighted by Gasteiger charge is 2.31. The average molecular weight is 453 g/mol. The van der Waals surface area contributed by atoms with Crippen LogP contribution in [-0.2, 0) is 16.0 Å². The zero-order valence-corrected chi connectivity index (χ0v) is 18.9. The van der Waals surface area contributed by atoms with Gasteiger partial charge in [-0.25, -0.2) is 4.98 Å². The number of halogens is 1. The fourth-order valence-corrected chi connectivity index (χ4v) is 5.79. The van der Waals surface area contributed by atoms with Crippen LogP contribution in [0.2, 0.25) is 4.34 Å². The van der Waals surface area contributed by atoms with Gasteiger partial charge >= 0.3 is 0 Å². The summed E-state index contributed by atoms with van der Waals surface area (Å²) in [5, 5.41) is 2.85. The van der Waals surface area contributed by atoms with Crippen molar-refractivity contribution in [1.29, 1.82) is 0 Å². The maximum absolute atomic E-state index is 12.8. The van der Waals surface area contributed by atoms with E-state index in [0.29, 0.717) is 19.5 Å². The summed E-state index contributed by atoms with van der Waals surface area (Å²) >= 11 is 9.03. The Morgan fingerprint density at radius 2 is 1.83 bits per heavy atom. The molecule has 2 aliphatic heterocycles. The summed E-state index contributed by atoms with van der Waals surface area (Å²) in [5.74, 6) is 0.414. The Labute approximate surface area is 184 Å². The molecule has 2 saturated heterocycles. The van der Waals surface area contributed by atoms with Gasteiger partial charge in [-0.3, -0.25) is 9.59 Å². The first-order chi connectivity index (χ1) is 14.0. The van der Waals surface area contributed by atoms with Crippen molar-refractivity contribution in [3.8, 4) is 9.88 Å². The van der Waals surface area contributed by atoms with Gasteiger partial charge in [0.1, 0.15) is 5.01 Å². The fraction of sp³-hybridized carbons (Fsp3) is 0.550. The largest absolute Gasteiger partial charge is 0.342 e. The quantitative estimate of drug-likeness (QED) is 0.715. The molecule has 0 atom stereocenters. The summed E-state index contributed by atoms with van der Waals surface area (Å²) in [7, 11) is 2.09. The van der Waals surface area contributed by atoms with Crippen molar-refractivity contribution in [1.82, 2.24) is 19.7 Å². The first-order valence-electron chi connectivity index (χ1n) is 9.95. The van der Waals surface area contributed by atoms with Crippen molar-refractivity contribution in [2.75, 3.05) is 46.3 Å². The highest BCUT2D eigenvalue weighted by atomic mass is 35.5. The molecule has 0 N–H and O–H groups in total. The molecule has 6 nitrogen and oxygen atoms in total.